The van der Waals surface area contributed by atoms with Crippen molar-refractivity contribution in [1.29, 1.82) is 0 Å². The standard InChI is InChI=1S/C8H13N3O3S/c1-6-9-8(10-14-6)5-15(12,13)11-7-3-2-4-7/h7,11H,2-5H2,1H3. The largest absolute Gasteiger partial charge is 0.340 e. The van der Waals surface area contributed by atoms with Gasteiger partial charge in [-0.3, -0.25) is 0 Å². The van der Waals surface area contributed by atoms with Gasteiger partial charge in [0.05, 0.1) is 0 Å². The lowest BCUT2D eigenvalue weighted by molar-refractivity contribution is 0.380. The summed E-state index contributed by atoms with van der Waals surface area (Å²) in [7, 11) is -3.32. The zero-order valence-electron chi connectivity index (χ0n) is 8.43. The molecular weight excluding hydrogens is 218 g/mol. The van der Waals surface area contributed by atoms with Gasteiger partial charge in [0.1, 0.15) is 5.75 Å². The molecule has 0 bridgehead atoms. The van der Waals surface area contributed by atoms with Gasteiger partial charge in [-0.1, -0.05) is 11.6 Å². The summed E-state index contributed by atoms with van der Waals surface area (Å²) in [6.07, 6.45) is 2.93. The summed E-state index contributed by atoms with van der Waals surface area (Å²) < 4.78 is 30.5. The molecule has 1 heterocycles. The van der Waals surface area contributed by atoms with Crippen LogP contribution in [0.1, 0.15) is 31.0 Å². The third-order valence-corrected chi connectivity index (χ3v) is 3.67. The quantitative estimate of drug-likeness (QED) is 0.808. The maximum absolute atomic E-state index is 11.6. The highest BCUT2D eigenvalue weighted by atomic mass is 32.2. The van der Waals surface area contributed by atoms with Gasteiger partial charge in [-0.2, -0.15) is 4.98 Å². The molecule has 0 atom stereocenters. The number of aromatic nitrogens is 2. The van der Waals surface area contributed by atoms with Crippen molar-refractivity contribution in [2.75, 3.05) is 0 Å². The summed E-state index contributed by atoms with van der Waals surface area (Å²) in [5.41, 5.74) is 0. The van der Waals surface area contributed by atoms with E-state index in [1.165, 1.54) is 0 Å². The van der Waals surface area contributed by atoms with E-state index in [-0.39, 0.29) is 17.6 Å². The van der Waals surface area contributed by atoms with Crippen LogP contribution in [0.5, 0.6) is 0 Å². The summed E-state index contributed by atoms with van der Waals surface area (Å²) in [5, 5.41) is 3.55. The highest BCUT2D eigenvalue weighted by molar-refractivity contribution is 7.88. The summed E-state index contributed by atoms with van der Waals surface area (Å²) in [6, 6.07) is 0.1000. The third kappa shape index (κ3) is 2.75. The minimum Gasteiger partial charge on any atom is -0.340 e. The Morgan fingerprint density at radius 1 is 1.53 bits per heavy atom. The first-order valence-corrected chi connectivity index (χ1v) is 6.49. The molecular formula is C8H13N3O3S. The minimum absolute atomic E-state index is 0.1000. The molecule has 7 heteroatoms. The van der Waals surface area contributed by atoms with Crippen molar-refractivity contribution in [2.24, 2.45) is 0 Å². The van der Waals surface area contributed by atoms with Crippen LogP contribution in [0.4, 0.5) is 0 Å². The van der Waals surface area contributed by atoms with E-state index >= 15 is 0 Å². The Labute approximate surface area is 88.1 Å². The van der Waals surface area contributed by atoms with Crippen LogP contribution in [-0.2, 0) is 15.8 Å². The SMILES string of the molecule is Cc1nc(CS(=O)(=O)NC2CCC2)no1. The molecule has 1 aliphatic carbocycles. The minimum atomic E-state index is -3.32. The first-order valence-electron chi connectivity index (χ1n) is 4.84. The number of nitrogens with one attached hydrogen (secondary N) is 1. The van der Waals surface area contributed by atoms with Crippen molar-refractivity contribution in [2.45, 2.75) is 38.0 Å². The Kier molecular flexibility index (Phi) is 2.74. The van der Waals surface area contributed by atoms with E-state index in [2.05, 4.69) is 14.9 Å². The van der Waals surface area contributed by atoms with Crippen LogP contribution < -0.4 is 4.72 Å². The van der Waals surface area contributed by atoms with E-state index in [1.807, 2.05) is 0 Å². The number of hydrogen-bond donors (Lipinski definition) is 1. The van der Waals surface area contributed by atoms with Gasteiger partial charge in [-0.05, 0) is 12.8 Å². The molecule has 0 radical (unpaired) electrons. The fourth-order valence-corrected chi connectivity index (χ4v) is 2.68. The van der Waals surface area contributed by atoms with Gasteiger partial charge >= 0.3 is 0 Å². The van der Waals surface area contributed by atoms with Crippen molar-refractivity contribution < 1.29 is 12.9 Å². The predicted octanol–water partition coefficient (Wildman–Crippen LogP) is 0.350. The van der Waals surface area contributed by atoms with Crippen LogP contribution in [0.15, 0.2) is 4.52 Å². The van der Waals surface area contributed by atoms with Gasteiger partial charge in [0.15, 0.2) is 5.82 Å². The maximum atomic E-state index is 11.6. The second kappa shape index (κ2) is 3.90. The molecule has 1 aromatic rings. The van der Waals surface area contributed by atoms with Crippen LogP contribution in [0, 0.1) is 6.92 Å². The summed E-state index contributed by atoms with van der Waals surface area (Å²) in [5.74, 6) is 0.379. The van der Waals surface area contributed by atoms with Crippen LogP contribution in [0.2, 0.25) is 0 Å². The molecule has 1 saturated carbocycles. The van der Waals surface area contributed by atoms with Gasteiger partial charge in [-0.25, -0.2) is 13.1 Å². The first kappa shape index (κ1) is 10.6. The van der Waals surface area contributed by atoms with Crippen LogP contribution in [-0.4, -0.2) is 24.6 Å². The normalized spacial score (nSPS) is 17.7. The maximum Gasteiger partial charge on any atom is 0.223 e. The number of rotatable bonds is 4. The van der Waals surface area contributed by atoms with E-state index in [0.29, 0.717) is 5.89 Å². The molecule has 1 fully saturated rings. The zero-order chi connectivity index (χ0) is 10.9. The van der Waals surface area contributed by atoms with Crippen molar-refractivity contribution in [3.63, 3.8) is 0 Å². The van der Waals surface area contributed by atoms with Crippen molar-refractivity contribution >= 4 is 10.0 Å². The van der Waals surface area contributed by atoms with E-state index in [9.17, 15) is 8.42 Å². The fourth-order valence-electron chi connectivity index (χ4n) is 1.39. The second-order valence-corrected chi connectivity index (χ2v) is 5.49. The van der Waals surface area contributed by atoms with Gasteiger partial charge in [-0.15, -0.1) is 0 Å². The molecule has 0 aromatic carbocycles. The predicted molar refractivity (Wildman–Crippen MR) is 52.4 cm³/mol. The summed E-state index contributed by atoms with van der Waals surface area (Å²) in [4.78, 5) is 3.85. The van der Waals surface area contributed by atoms with Gasteiger partial charge < -0.3 is 4.52 Å². The molecule has 1 N–H and O–H groups in total. The highest BCUT2D eigenvalue weighted by Gasteiger charge is 2.24. The van der Waals surface area contributed by atoms with Gasteiger partial charge in [0, 0.05) is 13.0 Å². The van der Waals surface area contributed by atoms with Crippen LogP contribution in [0.3, 0.4) is 0 Å². The summed E-state index contributed by atoms with van der Waals surface area (Å²) >= 11 is 0. The topological polar surface area (TPSA) is 85.1 Å². The number of hydrogen-bond acceptors (Lipinski definition) is 5. The Balaban J connectivity index is 1.97. The second-order valence-electron chi connectivity index (χ2n) is 3.73. The summed E-state index contributed by atoms with van der Waals surface area (Å²) in [6.45, 7) is 1.63. The molecule has 2 rings (SSSR count). The fraction of sp³-hybridized carbons (Fsp3) is 0.750. The van der Waals surface area contributed by atoms with E-state index in [4.69, 9.17) is 4.52 Å². The lowest BCUT2D eigenvalue weighted by Gasteiger charge is -2.25. The molecule has 0 spiro atoms. The smallest absolute Gasteiger partial charge is 0.223 e. The highest BCUT2D eigenvalue weighted by Crippen LogP contribution is 2.19. The third-order valence-electron chi connectivity index (χ3n) is 2.34. The average molecular weight is 231 g/mol. The lowest BCUT2D eigenvalue weighted by atomic mass is 9.94. The molecule has 6 nitrogen and oxygen atoms in total. The molecule has 0 amide bonds. The van der Waals surface area contributed by atoms with Crippen molar-refractivity contribution in [3.8, 4) is 0 Å². The number of nitrogens with zero attached hydrogens (tertiary/aromatic N) is 2. The molecule has 84 valence electrons. The van der Waals surface area contributed by atoms with E-state index in [0.717, 1.165) is 19.3 Å². The molecule has 1 aromatic heterocycles. The van der Waals surface area contributed by atoms with Crippen LogP contribution in [0.25, 0.3) is 0 Å². The van der Waals surface area contributed by atoms with E-state index < -0.39 is 10.0 Å². The zero-order valence-corrected chi connectivity index (χ0v) is 9.25. The number of aryl methyl sites for hydroxylation is 1. The van der Waals surface area contributed by atoms with Crippen LogP contribution >= 0.6 is 0 Å². The Morgan fingerprint density at radius 2 is 2.27 bits per heavy atom. The van der Waals surface area contributed by atoms with Crippen molar-refractivity contribution in [1.82, 2.24) is 14.9 Å². The average Bonchev–Trinajstić information content (AvgIpc) is 2.43. The molecule has 0 aliphatic heterocycles. The molecule has 15 heavy (non-hydrogen) atoms. The van der Waals surface area contributed by atoms with Crippen molar-refractivity contribution in [3.05, 3.63) is 11.7 Å². The van der Waals surface area contributed by atoms with Gasteiger partial charge in [0.2, 0.25) is 15.9 Å². The Morgan fingerprint density at radius 3 is 2.73 bits per heavy atom. The molecule has 0 saturated heterocycles. The first-order chi connectivity index (χ1) is 7.05. The molecule has 1 aliphatic rings. The van der Waals surface area contributed by atoms with E-state index in [1.54, 1.807) is 6.92 Å². The van der Waals surface area contributed by atoms with Gasteiger partial charge in [0.25, 0.3) is 0 Å². The Hall–Kier alpha value is -0.950. The molecule has 0 unspecified atom stereocenters. The Bertz CT molecular complexity index is 436. The lowest BCUT2D eigenvalue weighted by Crippen LogP contribution is -2.40. The monoisotopic (exact) mass is 231 g/mol. The number of sulfonamides is 1.